The van der Waals surface area contributed by atoms with E-state index in [1.54, 1.807) is 19.1 Å². The molecule has 1 heterocycles. The van der Waals surface area contributed by atoms with Gasteiger partial charge in [-0.2, -0.15) is 5.06 Å². The summed E-state index contributed by atoms with van der Waals surface area (Å²) in [5, 5.41) is 25.0. The molecule has 0 aromatic heterocycles. The molecule has 3 N–H and O–H groups in total. The maximum atomic E-state index is 13.4. The Morgan fingerprint density at radius 1 is 1.25 bits per heavy atom. The summed E-state index contributed by atoms with van der Waals surface area (Å²) < 4.78 is 0. The maximum Gasteiger partial charge on any atom is 0.240 e. The number of carbonyl (C=O) groups is 1. The minimum absolute atomic E-state index is 0.190. The van der Waals surface area contributed by atoms with Gasteiger partial charge in [-0.15, -0.1) is 0 Å². The van der Waals surface area contributed by atoms with Gasteiger partial charge in [-0.05, 0) is 56.7 Å². The highest BCUT2D eigenvalue weighted by Gasteiger charge is 2.49. The van der Waals surface area contributed by atoms with Crippen molar-refractivity contribution < 1.29 is 19.8 Å². The lowest BCUT2D eigenvalue weighted by Crippen LogP contribution is -2.49. The Bertz CT molecular complexity index is 1260. The number of hydroxylamine groups is 2. The Kier molecular flexibility index (Phi) is 16.2. The molecule has 1 aromatic carbocycles. The zero-order valence-corrected chi connectivity index (χ0v) is 26.8. The molecule has 1 fully saturated rings. The Labute approximate surface area is 264 Å². The van der Waals surface area contributed by atoms with Crippen molar-refractivity contribution in [2.24, 2.45) is 5.92 Å². The maximum absolute atomic E-state index is 13.4. The van der Waals surface area contributed by atoms with E-state index in [1.165, 1.54) is 10.6 Å². The van der Waals surface area contributed by atoms with E-state index in [1.807, 2.05) is 50.5 Å². The molecule has 4 unspecified atom stereocenters. The van der Waals surface area contributed by atoms with E-state index in [0.29, 0.717) is 24.2 Å². The summed E-state index contributed by atoms with van der Waals surface area (Å²) in [7, 11) is 4.01. The standard InChI is InChI=1S/C36H50N4O4/c1-8-10-11-12-13-21-38(6)22-15-18-31(9-2)24-29(4)26-40-35(34(30(5)42)33(27-41)44-40)36(43)37-20-16-23-39(7)32-19-14-17-28(3)25-32/h8-14,17,19,24-25,30,33-35,41-42H,1-2,4,16,20-23,26-27H2,3,5-7H3,(H,37,43)/b11-10-,13-12+,31-24+. The Morgan fingerprint density at radius 3 is 2.68 bits per heavy atom. The van der Waals surface area contributed by atoms with Crippen LogP contribution < -0.4 is 10.2 Å². The van der Waals surface area contributed by atoms with Crippen LogP contribution in [0.4, 0.5) is 5.69 Å². The van der Waals surface area contributed by atoms with Crippen molar-refractivity contribution in [2.75, 3.05) is 58.3 Å². The highest BCUT2D eigenvalue weighted by atomic mass is 16.7. The lowest BCUT2D eigenvalue weighted by Gasteiger charge is -2.27. The van der Waals surface area contributed by atoms with Crippen molar-refractivity contribution in [3.05, 3.63) is 103 Å². The lowest BCUT2D eigenvalue weighted by molar-refractivity contribution is -0.171. The van der Waals surface area contributed by atoms with Gasteiger partial charge in [-0.25, -0.2) is 0 Å². The summed E-state index contributed by atoms with van der Waals surface area (Å²) in [5.41, 5.74) is 3.66. The van der Waals surface area contributed by atoms with Crippen LogP contribution in [0.2, 0.25) is 0 Å². The number of aryl methyl sites for hydroxylation is 1. The van der Waals surface area contributed by atoms with Crippen LogP contribution in [0.25, 0.3) is 0 Å². The van der Waals surface area contributed by atoms with E-state index in [9.17, 15) is 15.0 Å². The first-order valence-corrected chi connectivity index (χ1v) is 15.0. The average molecular weight is 603 g/mol. The molecular formula is C36H50N4O4. The molecule has 0 radical (unpaired) electrons. The SMILES string of the molecule is C=C/C=C\C=C\CN(C)CC#C/C(C=C)=C/C(=C)CN1OC(CO)C(C(C)O)C1C(=O)NCCCN(C)c1cccc(C)c1. The first kappa shape index (κ1) is 36.5. The number of aliphatic hydroxyl groups is 2. The molecule has 8 heteroatoms. The fourth-order valence-corrected chi connectivity index (χ4v) is 4.92. The summed E-state index contributed by atoms with van der Waals surface area (Å²) in [6.07, 6.45) is 12.2. The molecule has 1 aliphatic rings. The summed E-state index contributed by atoms with van der Waals surface area (Å²) in [6, 6.07) is 7.48. The predicted molar refractivity (Wildman–Crippen MR) is 181 cm³/mol. The topological polar surface area (TPSA) is 88.5 Å². The third kappa shape index (κ3) is 12.1. The van der Waals surface area contributed by atoms with Crippen LogP contribution in [0.5, 0.6) is 0 Å². The van der Waals surface area contributed by atoms with E-state index in [2.05, 4.69) is 71.8 Å². The quantitative estimate of drug-likeness (QED) is 0.142. The molecule has 0 aliphatic carbocycles. The molecule has 1 saturated heterocycles. The summed E-state index contributed by atoms with van der Waals surface area (Å²) in [4.78, 5) is 23.6. The van der Waals surface area contributed by atoms with E-state index < -0.39 is 24.2 Å². The van der Waals surface area contributed by atoms with Gasteiger partial charge in [0.15, 0.2) is 0 Å². The Balaban J connectivity index is 2.02. The second kappa shape index (κ2) is 19.5. The Hall–Kier alpha value is -3.71. The van der Waals surface area contributed by atoms with E-state index >= 15 is 0 Å². The molecule has 0 spiro atoms. The molecule has 4 atom stereocenters. The van der Waals surface area contributed by atoms with Gasteiger partial charge >= 0.3 is 0 Å². The third-order valence-corrected chi connectivity index (χ3v) is 7.22. The fourth-order valence-electron chi connectivity index (χ4n) is 4.92. The second-order valence-electron chi connectivity index (χ2n) is 11.1. The number of hydrogen-bond donors (Lipinski definition) is 3. The molecule has 0 saturated carbocycles. The van der Waals surface area contributed by atoms with Crippen molar-refractivity contribution in [3.8, 4) is 11.8 Å². The smallest absolute Gasteiger partial charge is 0.240 e. The number of amides is 1. The molecule has 1 aliphatic heterocycles. The number of benzene rings is 1. The average Bonchev–Trinajstić information content (AvgIpc) is 3.36. The van der Waals surface area contributed by atoms with Crippen molar-refractivity contribution in [1.82, 2.24) is 15.3 Å². The van der Waals surface area contributed by atoms with Gasteiger partial charge in [0.1, 0.15) is 12.1 Å². The number of rotatable bonds is 17. The highest BCUT2D eigenvalue weighted by molar-refractivity contribution is 5.82. The number of hydrogen-bond acceptors (Lipinski definition) is 7. The fraction of sp³-hybridized carbons (Fsp3) is 0.417. The van der Waals surface area contributed by atoms with Crippen LogP contribution in [0.1, 0.15) is 18.9 Å². The largest absolute Gasteiger partial charge is 0.394 e. The van der Waals surface area contributed by atoms with Crippen LogP contribution >= 0.6 is 0 Å². The van der Waals surface area contributed by atoms with Crippen LogP contribution in [0.3, 0.4) is 0 Å². The predicted octanol–water partition coefficient (Wildman–Crippen LogP) is 3.81. The number of nitrogens with one attached hydrogen (secondary N) is 1. The van der Waals surface area contributed by atoms with Crippen LogP contribution in [0, 0.1) is 24.7 Å². The molecule has 2 rings (SSSR count). The number of anilines is 1. The zero-order valence-electron chi connectivity index (χ0n) is 26.8. The van der Waals surface area contributed by atoms with Crippen molar-refractivity contribution in [2.45, 2.75) is 38.5 Å². The number of likely N-dealkylation sites (N-methyl/N-ethyl adjacent to an activating group) is 1. The number of carbonyl (C=O) groups excluding carboxylic acids is 1. The van der Waals surface area contributed by atoms with Gasteiger partial charge in [0, 0.05) is 50.4 Å². The summed E-state index contributed by atoms with van der Waals surface area (Å²) in [5.74, 6) is 5.40. The number of allylic oxidation sites excluding steroid dienone is 6. The zero-order chi connectivity index (χ0) is 32.5. The molecule has 44 heavy (non-hydrogen) atoms. The highest BCUT2D eigenvalue weighted by Crippen LogP contribution is 2.31. The normalized spacial score (nSPS) is 19.6. The lowest BCUT2D eigenvalue weighted by atomic mass is 9.89. The molecule has 1 aromatic rings. The summed E-state index contributed by atoms with van der Waals surface area (Å²) >= 11 is 0. The van der Waals surface area contributed by atoms with Gasteiger partial charge in [0.2, 0.25) is 5.91 Å². The van der Waals surface area contributed by atoms with Crippen LogP contribution in [-0.2, 0) is 9.63 Å². The van der Waals surface area contributed by atoms with E-state index in [-0.39, 0.29) is 19.1 Å². The minimum Gasteiger partial charge on any atom is -0.394 e. The minimum atomic E-state index is -0.872. The van der Waals surface area contributed by atoms with E-state index in [0.717, 1.165) is 25.2 Å². The molecule has 1 amide bonds. The van der Waals surface area contributed by atoms with Crippen molar-refractivity contribution in [1.29, 1.82) is 0 Å². The van der Waals surface area contributed by atoms with Crippen LogP contribution in [-0.4, -0.2) is 97.8 Å². The van der Waals surface area contributed by atoms with Gasteiger partial charge in [-0.3, -0.25) is 14.5 Å². The third-order valence-electron chi connectivity index (χ3n) is 7.22. The van der Waals surface area contributed by atoms with E-state index in [4.69, 9.17) is 4.84 Å². The van der Waals surface area contributed by atoms with Gasteiger partial charge in [0.05, 0.1) is 19.3 Å². The first-order valence-electron chi connectivity index (χ1n) is 15.0. The number of aliphatic hydroxyl groups excluding tert-OH is 2. The summed E-state index contributed by atoms with van der Waals surface area (Å²) in [6.45, 7) is 17.8. The van der Waals surface area contributed by atoms with Gasteiger partial charge < -0.3 is 20.4 Å². The monoisotopic (exact) mass is 602 g/mol. The van der Waals surface area contributed by atoms with Gasteiger partial charge in [0.25, 0.3) is 0 Å². The molecular weight excluding hydrogens is 552 g/mol. The van der Waals surface area contributed by atoms with Crippen molar-refractivity contribution in [3.63, 3.8) is 0 Å². The van der Waals surface area contributed by atoms with Crippen LogP contribution in [0.15, 0.2) is 97.7 Å². The van der Waals surface area contributed by atoms with Gasteiger partial charge in [-0.1, -0.05) is 80.2 Å². The van der Waals surface area contributed by atoms with Crippen molar-refractivity contribution >= 4 is 11.6 Å². The second-order valence-corrected chi connectivity index (χ2v) is 11.1. The Morgan fingerprint density at radius 2 is 2.02 bits per heavy atom. The number of nitrogens with zero attached hydrogens (tertiary/aromatic N) is 3. The first-order chi connectivity index (χ1) is 21.1. The molecule has 0 bridgehead atoms. The molecule has 8 nitrogen and oxygen atoms in total. The molecule has 238 valence electrons.